The number of unbranched alkanes of at least 4 members (excludes halogenated alkanes) is 9. The molecule has 2 N–H and O–H groups in total. The highest BCUT2D eigenvalue weighted by Crippen LogP contribution is 2.10. The summed E-state index contributed by atoms with van der Waals surface area (Å²) >= 11 is 0. The average molecular weight is 255 g/mol. The minimum Gasteiger partial charge on any atom is -0.330 e. The summed E-state index contributed by atoms with van der Waals surface area (Å²) in [5.41, 5.74) is 5.43. The molecule has 0 aromatic rings. The van der Waals surface area contributed by atoms with Crippen LogP contribution in [0, 0.1) is 0 Å². The summed E-state index contributed by atoms with van der Waals surface area (Å²) in [6.07, 6.45) is 15.2. The molecule has 0 aromatic carbocycles. The van der Waals surface area contributed by atoms with E-state index in [0.717, 1.165) is 38.6 Å². The van der Waals surface area contributed by atoms with Crippen molar-refractivity contribution in [3.05, 3.63) is 0 Å². The van der Waals surface area contributed by atoms with Crippen LogP contribution in [0.15, 0.2) is 0 Å². The number of carbonyl (C=O) groups excluding carboxylic acids is 1. The molecule has 0 aliphatic carbocycles. The Morgan fingerprint density at radius 3 is 1.67 bits per heavy atom. The van der Waals surface area contributed by atoms with E-state index in [0.29, 0.717) is 5.78 Å². The van der Waals surface area contributed by atoms with Gasteiger partial charge < -0.3 is 5.73 Å². The van der Waals surface area contributed by atoms with Gasteiger partial charge in [-0.05, 0) is 25.8 Å². The van der Waals surface area contributed by atoms with Gasteiger partial charge in [-0.15, -0.1) is 0 Å². The van der Waals surface area contributed by atoms with Crippen LogP contribution < -0.4 is 5.73 Å². The van der Waals surface area contributed by atoms with Crippen LogP contribution in [0.1, 0.15) is 90.4 Å². The summed E-state index contributed by atoms with van der Waals surface area (Å²) < 4.78 is 0. The Morgan fingerprint density at radius 1 is 0.722 bits per heavy atom. The number of nitrogens with two attached hydrogens (primary N) is 1. The Balaban J connectivity index is 3.12. The van der Waals surface area contributed by atoms with E-state index < -0.39 is 0 Å². The van der Waals surface area contributed by atoms with Crippen LogP contribution in [0.4, 0.5) is 0 Å². The molecular formula is C16H33NO. The second-order valence-corrected chi connectivity index (χ2v) is 5.36. The summed E-state index contributed by atoms with van der Waals surface area (Å²) in [5.74, 6) is 0.469. The van der Waals surface area contributed by atoms with Gasteiger partial charge in [-0.25, -0.2) is 0 Å². The van der Waals surface area contributed by atoms with E-state index in [1.807, 2.05) is 0 Å². The third kappa shape index (κ3) is 13.7. The van der Waals surface area contributed by atoms with E-state index in [1.54, 1.807) is 0 Å². The third-order valence-corrected chi connectivity index (χ3v) is 3.47. The van der Waals surface area contributed by atoms with Gasteiger partial charge in [0.05, 0.1) is 0 Å². The lowest BCUT2D eigenvalue weighted by molar-refractivity contribution is -0.119. The fourth-order valence-corrected chi connectivity index (χ4v) is 2.22. The first-order chi connectivity index (χ1) is 8.81. The summed E-state index contributed by atoms with van der Waals surface area (Å²) in [4.78, 5) is 11.6. The summed E-state index contributed by atoms with van der Waals surface area (Å²) in [6.45, 7) is 3.03. The van der Waals surface area contributed by atoms with Crippen LogP contribution >= 0.6 is 0 Å². The van der Waals surface area contributed by atoms with Crippen molar-refractivity contribution in [3.8, 4) is 0 Å². The van der Waals surface area contributed by atoms with Crippen molar-refractivity contribution < 1.29 is 4.79 Å². The lowest BCUT2D eigenvalue weighted by atomic mass is 10.0. The molecule has 2 heteroatoms. The molecule has 0 aliphatic heterocycles. The van der Waals surface area contributed by atoms with Gasteiger partial charge in [0.25, 0.3) is 0 Å². The molecular weight excluding hydrogens is 222 g/mol. The number of carbonyl (C=O) groups is 1. The third-order valence-electron chi connectivity index (χ3n) is 3.47. The van der Waals surface area contributed by atoms with E-state index in [9.17, 15) is 4.79 Å². The molecule has 0 fully saturated rings. The zero-order valence-electron chi connectivity index (χ0n) is 12.4. The van der Waals surface area contributed by atoms with E-state index in [-0.39, 0.29) is 0 Å². The molecule has 0 unspecified atom stereocenters. The lowest BCUT2D eigenvalue weighted by Gasteiger charge is -2.02. The lowest BCUT2D eigenvalue weighted by Crippen LogP contribution is -2.00. The molecule has 0 amide bonds. The van der Waals surface area contributed by atoms with Crippen LogP contribution in [0.5, 0.6) is 0 Å². The van der Waals surface area contributed by atoms with E-state index in [1.165, 1.54) is 51.4 Å². The van der Waals surface area contributed by atoms with Crippen molar-refractivity contribution in [1.82, 2.24) is 0 Å². The van der Waals surface area contributed by atoms with E-state index in [4.69, 9.17) is 5.73 Å². The van der Waals surface area contributed by atoms with Crippen molar-refractivity contribution in [3.63, 3.8) is 0 Å². The molecule has 0 bridgehead atoms. The predicted octanol–water partition coefficient (Wildman–Crippen LogP) is 4.61. The Hall–Kier alpha value is -0.370. The summed E-state index contributed by atoms with van der Waals surface area (Å²) in [6, 6.07) is 0. The quantitative estimate of drug-likeness (QED) is 0.461. The van der Waals surface area contributed by atoms with Gasteiger partial charge in [-0.1, -0.05) is 58.3 Å². The van der Waals surface area contributed by atoms with E-state index >= 15 is 0 Å². The Bertz CT molecular complexity index is 180. The normalized spacial score (nSPS) is 10.8. The average Bonchev–Trinajstić information content (AvgIpc) is 2.37. The van der Waals surface area contributed by atoms with Gasteiger partial charge >= 0.3 is 0 Å². The Kier molecular flexibility index (Phi) is 14.4. The molecule has 0 saturated carbocycles. The number of Topliss-reactive ketones (excluding diaryl/α,β-unsaturated/α-hetero) is 1. The van der Waals surface area contributed by atoms with Crippen LogP contribution in [0.25, 0.3) is 0 Å². The molecule has 0 saturated heterocycles. The molecule has 0 aromatic heterocycles. The number of hydrogen-bond acceptors (Lipinski definition) is 2. The number of hydrogen-bond donors (Lipinski definition) is 1. The second kappa shape index (κ2) is 14.7. The second-order valence-electron chi connectivity index (χ2n) is 5.36. The van der Waals surface area contributed by atoms with Crippen molar-refractivity contribution >= 4 is 5.78 Å². The highest BCUT2D eigenvalue weighted by atomic mass is 16.1. The minimum atomic E-state index is 0.469. The SMILES string of the molecule is CCCCCCCCCC(=O)CCCCCCN. The fourth-order valence-electron chi connectivity index (χ4n) is 2.22. The minimum absolute atomic E-state index is 0.469. The van der Waals surface area contributed by atoms with Gasteiger partial charge in [-0.3, -0.25) is 4.79 Å². The molecule has 0 atom stereocenters. The van der Waals surface area contributed by atoms with Gasteiger partial charge in [0.1, 0.15) is 5.78 Å². The van der Waals surface area contributed by atoms with Crippen molar-refractivity contribution in [2.24, 2.45) is 5.73 Å². The predicted molar refractivity (Wildman–Crippen MR) is 79.8 cm³/mol. The van der Waals surface area contributed by atoms with Crippen molar-refractivity contribution in [2.75, 3.05) is 6.54 Å². The van der Waals surface area contributed by atoms with Crippen LogP contribution in [-0.4, -0.2) is 12.3 Å². The Morgan fingerprint density at radius 2 is 1.17 bits per heavy atom. The fraction of sp³-hybridized carbons (Fsp3) is 0.938. The van der Waals surface area contributed by atoms with Crippen LogP contribution in [0.3, 0.4) is 0 Å². The van der Waals surface area contributed by atoms with Gasteiger partial charge in [0, 0.05) is 12.8 Å². The first-order valence-electron chi connectivity index (χ1n) is 8.03. The van der Waals surface area contributed by atoms with Gasteiger partial charge in [0.15, 0.2) is 0 Å². The highest BCUT2D eigenvalue weighted by Gasteiger charge is 2.01. The largest absolute Gasteiger partial charge is 0.330 e. The van der Waals surface area contributed by atoms with Crippen molar-refractivity contribution in [2.45, 2.75) is 90.4 Å². The molecule has 0 rings (SSSR count). The molecule has 108 valence electrons. The molecule has 0 aliphatic rings. The monoisotopic (exact) mass is 255 g/mol. The first-order valence-corrected chi connectivity index (χ1v) is 8.03. The molecule has 0 spiro atoms. The van der Waals surface area contributed by atoms with Gasteiger partial charge in [-0.2, -0.15) is 0 Å². The molecule has 18 heavy (non-hydrogen) atoms. The highest BCUT2D eigenvalue weighted by molar-refractivity contribution is 5.78. The topological polar surface area (TPSA) is 43.1 Å². The van der Waals surface area contributed by atoms with Crippen LogP contribution in [-0.2, 0) is 4.79 Å². The van der Waals surface area contributed by atoms with Crippen LogP contribution in [0.2, 0.25) is 0 Å². The maximum atomic E-state index is 11.6. The zero-order chi connectivity index (χ0) is 13.5. The summed E-state index contributed by atoms with van der Waals surface area (Å²) in [5, 5.41) is 0. The maximum absolute atomic E-state index is 11.6. The Labute approximate surface area is 114 Å². The standard InChI is InChI=1S/C16H33NO/c1-2-3-4-5-6-7-10-13-16(18)14-11-8-9-12-15-17/h2-15,17H2,1H3. The van der Waals surface area contributed by atoms with Gasteiger partial charge in [0.2, 0.25) is 0 Å². The zero-order valence-corrected chi connectivity index (χ0v) is 12.4. The molecule has 0 radical (unpaired) electrons. The van der Waals surface area contributed by atoms with Crippen molar-refractivity contribution in [1.29, 1.82) is 0 Å². The summed E-state index contributed by atoms with van der Waals surface area (Å²) in [7, 11) is 0. The smallest absolute Gasteiger partial charge is 0.132 e. The first kappa shape index (κ1) is 17.6. The molecule has 2 nitrogen and oxygen atoms in total. The maximum Gasteiger partial charge on any atom is 0.132 e. The number of rotatable bonds is 14. The molecule has 0 heterocycles. The van der Waals surface area contributed by atoms with E-state index in [2.05, 4.69) is 6.92 Å². The number of ketones is 1.